The summed E-state index contributed by atoms with van der Waals surface area (Å²) in [5, 5.41) is 20.9. The lowest BCUT2D eigenvalue weighted by Gasteiger charge is -2.33. The minimum atomic E-state index is -0.112. The third-order valence-corrected chi connectivity index (χ3v) is 6.94. The first-order chi connectivity index (χ1) is 14.9. The second-order valence-electron chi connectivity index (χ2n) is 9.39. The molecule has 0 radical (unpaired) electrons. The van der Waals surface area contributed by atoms with Gasteiger partial charge in [-0.3, -0.25) is 15.1 Å². The molecule has 0 saturated heterocycles. The average molecular weight is 436 g/mol. The van der Waals surface area contributed by atoms with E-state index in [1.807, 2.05) is 11.9 Å². The zero-order chi connectivity index (χ0) is 23.1. The maximum atomic E-state index is 12.6. The number of nitrogens with zero attached hydrogens (tertiary/aromatic N) is 3. The topological polar surface area (TPSA) is 115 Å². The van der Waals surface area contributed by atoms with Gasteiger partial charge in [-0.05, 0) is 43.9 Å². The minimum Gasteiger partial charge on any atom is -0.396 e. The number of nitrogens with two attached hydrogens (primary N) is 1. The summed E-state index contributed by atoms with van der Waals surface area (Å²) in [5.41, 5.74) is 5.38. The molecule has 1 saturated carbocycles. The van der Waals surface area contributed by atoms with E-state index in [0.29, 0.717) is 25.4 Å². The van der Waals surface area contributed by atoms with E-state index in [-0.39, 0.29) is 23.9 Å². The molecule has 1 aliphatic carbocycles. The molecule has 4 N–H and O–H groups in total. The summed E-state index contributed by atoms with van der Waals surface area (Å²) in [6, 6.07) is 0. The predicted octanol–water partition coefficient (Wildman–Crippen LogP) is 3.78. The van der Waals surface area contributed by atoms with Crippen LogP contribution < -0.4 is 11.1 Å². The summed E-state index contributed by atoms with van der Waals surface area (Å²) in [6.07, 6.45) is 14.2. The highest BCUT2D eigenvalue weighted by Gasteiger charge is 2.42. The molecular weight excluding hydrogens is 390 g/mol. The molecule has 178 valence electrons. The van der Waals surface area contributed by atoms with Crippen LogP contribution in [0, 0.1) is 28.7 Å². The highest BCUT2D eigenvalue weighted by molar-refractivity contribution is 5.79. The van der Waals surface area contributed by atoms with E-state index in [1.54, 1.807) is 6.19 Å². The van der Waals surface area contributed by atoms with E-state index >= 15 is 0 Å². The Morgan fingerprint density at radius 1 is 1.32 bits per heavy atom. The number of hydrogen-bond donors (Lipinski definition) is 3. The van der Waals surface area contributed by atoms with Crippen LogP contribution in [-0.4, -0.2) is 48.6 Å². The number of guanidine groups is 1. The van der Waals surface area contributed by atoms with Crippen molar-refractivity contribution in [3.8, 4) is 6.19 Å². The quantitative estimate of drug-likeness (QED) is 0.119. The maximum absolute atomic E-state index is 12.6. The van der Waals surface area contributed by atoms with Crippen LogP contribution in [0.5, 0.6) is 0 Å². The largest absolute Gasteiger partial charge is 0.396 e. The Kier molecular flexibility index (Phi) is 13.2. The molecule has 0 heterocycles. The fourth-order valence-corrected chi connectivity index (χ4v) is 5.13. The van der Waals surface area contributed by atoms with Crippen molar-refractivity contribution in [2.45, 2.75) is 90.9 Å². The molecule has 1 rings (SSSR count). The van der Waals surface area contributed by atoms with Gasteiger partial charge in [0.25, 0.3) is 0 Å². The highest BCUT2D eigenvalue weighted by Crippen LogP contribution is 2.46. The van der Waals surface area contributed by atoms with Crippen LogP contribution in [0.4, 0.5) is 0 Å². The van der Waals surface area contributed by atoms with Gasteiger partial charge in [-0.1, -0.05) is 52.4 Å². The minimum absolute atomic E-state index is 0.112. The van der Waals surface area contributed by atoms with Crippen molar-refractivity contribution < 1.29 is 9.90 Å². The lowest BCUT2D eigenvalue weighted by Crippen LogP contribution is -2.40. The number of aliphatic imine (C=N–C) groups is 1. The second-order valence-corrected chi connectivity index (χ2v) is 9.39. The number of aliphatic hydroxyl groups is 1. The molecule has 0 aromatic rings. The van der Waals surface area contributed by atoms with E-state index in [0.717, 1.165) is 50.9 Å². The maximum Gasteiger partial charge on any atom is 0.222 e. The summed E-state index contributed by atoms with van der Waals surface area (Å²) in [6.45, 7) is 6.01. The predicted molar refractivity (Wildman–Crippen MR) is 126 cm³/mol. The van der Waals surface area contributed by atoms with Crippen LogP contribution in [0.2, 0.25) is 0 Å². The van der Waals surface area contributed by atoms with Crippen molar-refractivity contribution in [3.63, 3.8) is 0 Å². The van der Waals surface area contributed by atoms with Crippen LogP contribution in [0.25, 0.3) is 0 Å². The number of nitriles is 1. The summed E-state index contributed by atoms with van der Waals surface area (Å²) >= 11 is 0. The third kappa shape index (κ3) is 9.90. The van der Waals surface area contributed by atoms with Gasteiger partial charge in [0.2, 0.25) is 11.9 Å². The fourth-order valence-electron chi connectivity index (χ4n) is 5.13. The van der Waals surface area contributed by atoms with Crippen molar-refractivity contribution >= 4 is 11.9 Å². The molecule has 1 fully saturated rings. The Labute approximate surface area is 189 Å². The average Bonchev–Trinajstić information content (AvgIpc) is 3.18. The van der Waals surface area contributed by atoms with E-state index in [2.05, 4.69) is 24.2 Å². The smallest absolute Gasteiger partial charge is 0.222 e. The first-order valence-electron chi connectivity index (χ1n) is 12.2. The molecule has 3 unspecified atom stereocenters. The molecule has 31 heavy (non-hydrogen) atoms. The SMILES string of the molecule is CCCC(CC)C1CCC(CO)(CN(C)C(=O)CCCCCCCN=C(N)NC#N)C1. The van der Waals surface area contributed by atoms with Crippen molar-refractivity contribution in [3.05, 3.63) is 0 Å². The molecule has 0 aromatic carbocycles. The van der Waals surface area contributed by atoms with Crippen LogP contribution in [0.15, 0.2) is 4.99 Å². The van der Waals surface area contributed by atoms with E-state index in [9.17, 15) is 9.90 Å². The van der Waals surface area contributed by atoms with Gasteiger partial charge in [-0.15, -0.1) is 0 Å². The van der Waals surface area contributed by atoms with E-state index in [4.69, 9.17) is 11.0 Å². The molecule has 1 aliphatic rings. The standard InChI is InChI=1S/C24H45N5O2/c1-4-11-20(5-2)21-13-14-24(16-21,18-30)17-29(3)22(31)12-9-7-6-8-10-15-27-23(26)28-19-25/h20-21,30H,4-18H2,1-3H3,(H3,26,27,28). The van der Waals surface area contributed by atoms with E-state index in [1.165, 1.54) is 25.7 Å². The number of carbonyl (C=O) groups is 1. The number of aliphatic hydroxyl groups excluding tert-OH is 1. The van der Waals surface area contributed by atoms with Crippen molar-refractivity contribution in [2.24, 2.45) is 28.0 Å². The van der Waals surface area contributed by atoms with Gasteiger partial charge in [0.15, 0.2) is 6.19 Å². The Morgan fingerprint density at radius 3 is 2.68 bits per heavy atom. The number of unbranched alkanes of at least 4 members (excludes halogenated alkanes) is 4. The number of amides is 1. The monoisotopic (exact) mass is 435 g/mol. The molecule has 0 bridgehead atoms. The first-order valence-corrected chi connectivity index (χ1v) is 12.2. The Balaban J connectivity index is 2.29. The molecule has 0 aromatic heterocycles. The molecule has 7 nitrogen and oxygen atoms in total. The Hall–Kier alpha value is -1.81. The highest BCUT2D eigenvalue weighted by atomic mass is 16.3. The van der Waals surface area contributed by atoms with Crippen LogP contribution in [-0.2, 0) is 4.79 Å². The molecule has 0 spiro atoms. The van der Waals surface area contributed by atoms with Crippen LogP contribution in [0.3, 0.4) is 0 Å². The first kappa shape index (κ1) is 27.2. The van der Waals surface area contributed by atoms with Gasteiger partial charge < -0.3 is 15.7 Å². The molecular formula is C24H45N5O2. The van der Waals surface area contributed by atoms with Crippen molar-refractivity contribution in [1.29, 1.82) is 5.26 Å². The lowest BCUT2D eigenvalue weighted by molar-refractivity contribution is -0.132. The Morgan fingerprint density at radius 2 is 2.03 bits per heavy atom. The summed E-state index contributed by atoms with van der Waals surface area (Å²) in [5.74, 6) is 1.80. The van der Waals surface area contributed by atoms with Crippen LogP contribution in [0.1, 0.15) is 90.9 Å². The fraction of sp³-hybridized carbons (Fsp3) is 0.875. The number of rotatable bonds is 15. The van der Waals surface area contributed by atoms with Crippen LogP contribution >= 0.6 is 0 Å². The third-order valence-electron chi connectivity index (χ3n) is 6.94. The number of carbonyl (C=O) groups excluding carboxylic acids is 1. The van der Waals surface area contributed by atoms with E-state index < -0.39 is 0 Å². The van der Waals surface area contributed by atoms with Crippen molar-refractivity contribution in [2.75, 3.05) is 26.7 Å². The number of hydrogen-bond acceptors (Lipinski definition) is 4. The van der Waals surface area contributed by atoms with Gasteiger partial charge in [-0.2, -0.15) is 5.26 Å². The molecule has 3 atom stereocenters. The summed E-state index contributed by atoms with van der Waals surface area (Å²) < 4.78 is 0. The van der Waals surface area contributed by atoms with Crippen molar-refractivity contribution in [1.82, 2.24) is 10.2 Å². The van der Waals surface area contributed by atoms with Gasteiger partial charge in [0.05, 0.1) is 6.61 Å². The lowest BCUT2D eigenvalue weighted by atomic mass is 9.80. The second kappa shape index (κ2) is 15.1. The van der Waals surface area contributed by atoms with Gasteiger partial charge in [0.1, 0.15) is 0 Å². The molecule has 0 aliphatic heterocycles. The normalized spacial score (nSPS) is 22.2. The zero-order valence-corrected chi connectivity index (χ0v) is 20.0. The molecule has 1 amide bonds. The van der Waals surface area contributed by atoms with Gasteiger partial charge in [0, 0.05) is 32.0 Å². The zero-order valence-electron chi connectivity index (χ0n) is 20.0. The summed E-state index contributed by atoms with van der Waals surface area (Å²) in [4.78, 5) is 18.5. The summed E-state index contributed by atoms with van der Waals surface area (Å²) in [7, 11) is 1.90. The van der Waals surface area contributed by atoms with Gasteiger partial charge in [-0.25, -0.2) is 0 Å². The molecule has 7 heteroatoms. The van der Waals surface area contributed by atoms with Gasteiger partial charge >= 0.3 is 0 Å². The number of nitrogens with one attached hydrogen (secondary N) is 1. The Bertz CT molecular complexity index is 589.